The smallest absolute Gasteiger partial charge is 0.248 e. The highest BCUT2D eigenvalue weighted by Crippen LogP contribution is 2.51. The summed E-state index contributed by atoms with van der Waals surface area (Å²) in [4.78, 5) is 22.5. The third-order valence-corrected chi connectivity index (χ3v) is 5.87. The molecule has 2 heterocycles. The second-order valence-electron chi connectivity index (χ2n) is 6.02. The van der Waals surface area contributed by atoms with E-state index < -0.39 is 0 Å². The highest BCUT2D eigenvalue weighted by molar-refractivity contribution is 8.01. The molecule has 24 heavy (non-hydrogen) atoms. The Morgan fingerprint density at radius 3 is 2.62 bits per heavy atom. The Bertz CT molecular complexity index is 835. The first kappa shape index (κ1) is 15.5. The summed E-state index contributed by atoms with van der Waals surface area (Å²) >= 11 is 7.54. The molecule has 4 nitrogen and oxygen atoms in total. The van der Waals surface area contributed by atoms with Gasteiger partial charge in [0, 0.05) is 41.0 Å². The summed E-state index contributed by atoms with van der Waals surface area (Å²) < 4.78 is 0. The van der Waals surface area contributed by atoms with E-state index in [1.807, 2.05) is 32.3 Å². The van der Waals surface area contributed by atoms with Crippen LogP contribution in [0.5, 0.6) is 0 Å². The Balaban J connectivity index is 1.73. The van der Waals surface area contributed by atoms with Crippen molar-refractivity contribution < 1.29 is 4.79 Å². The fourth-order valence-electron chi connectivity index (χ4n) is 3.14. The molecule has 0 spiro atoms. The van der Waals surface area contributed by atoms with E-state index in [4.69, 9.17) is 16.6 Å². The largest absolute Gasteiger partial charge is 0.377 e. The number of thioether (sulfide) groups is 1. The molecule has 0 fully saturated rings. The van der Waals surface area contributed by atoms with E-state index in [0.29, 0.717) is 5.02 Å². The highest BCUT2D eigenvalue weighted by Gasteiger charge is 2.44. The van der Waals surface area contributed by atoms with Gasteiger partial charge >= 0.3 is 0 Å². The van der Waals surface area contributed by atoms with Crippen molar-refractivity contribution in [2.24, 2.45) is 4.99 Å². The SMILES string of the molecule is CN(C)c1cccc2c1C1N=CN(c3ccc(Cl)cc3)C(=O)C1S2. The topological polar surface area (TPSA) is 35.9 Å². The van der Waals surface area contributed by atoms with E-state index in [9.17, 15) is 4.79 Å². The Labute approximate surface area is 150 Å². The van der Waals surface area contributed by atoms with Crippen molar-refractivity contribution in [3.63, 3.8) is 0 Å². The molecule has 0 bridgehead atoms. The minimum Gasteiger partial charge on any atom is -0.377 e. The summed E-state index contributed by atoms with van der Waals surface area (Å²) in [6, 6.07) is 13.3. The number of amides is 1. The first-order chi connectivity index (χ1) is 11.6. The summed E-state index contributed by atoms with van der Waals surface area (Å²) in [6.07, 6.45) is 1.65. The molecule has 0 saturated heterocycles. The van der Waals surface area contributed by atoms with Crippen LogP contribution in [0.4, 0.5) is 11.4 Å². The molecule has 2 aromatic carbocycles. The molecular formula is C18H16ClN3OS. The van der Waals surface area contributed by atoms with Crippen molar-refractivity contribution in [1.82, 2.24) is 0 Å². The van der Waals surface area contributed by atoms with Gasteiger partial charge in [-0.3, -0.25) is 14.7 Å². The molecule has 0 saturated carbocycles. The van der Waals surface area contributed by atoms with Gasteiger partial charge in [-0.25, -0.2) is 0 Å². The number of rotatable bonds is 2. The van der Waals surface area contributed by atoms with E-state index in [0.717, 1.165) is 21.8 Å². The first-order valence-corrected chi connectivity index (χ1v) is 8.91. The van der Waals surface area contributed by atoms with Crippen LogP contribution >= 0.6 is 23.4 Å². The molecule has 0 radical (unpaired) electrons. The lowest BCUT2D eigenvalue weighted by Crippen LogP contribution is -2.42. The number of benzene rings is 2. The minimum atomic E-state index is -0.221. The average Bonchev–Trinajstić information content (AvgIpc) is 2.96. The minimum absolute atomic E-state index is 0.0585. The summed E-state index contributed by atoms with van der Waals surface area (Å²) in [5.74, 6) is 0.0585. The zero-order valence-corrected chi connectivity index (χ0v) is 14.9. The molecule has 1 amide bonds. The molecule has 2 aliphatic rings. The van der Waals surface area contributed by atoms with Gasteiger partial charge in [-0.05, 0) is 36.4 Å². The summed E-state index contributed by atoms with van der Waals surface area (Å²) in [6.45, 7) is 0. The molecule has 4 rings (SSSR count). The monoisotopic (exact) mass is 357 g/mol. The molecule has 6 heteroatoms. The van der Waals surface area contributed by atoms with E-state index in [1.165, 1.54) is 0 Å². The highest BCUT2D eigenvalue weighted by atomic mass is 35.5. The van der Waals surface area contributed by atoms with Crippen LogP contribution in [0.15, 0.2) is 52.4 Å². The van der Waals surface area contributed by atoms with Crippen LogP contribution in [0, 0.1) is 0 Å². The van der Waals surface area contributed by atoms with Gasteiger partial charge in [0.2, 0.25) is 5.91 Å². The third kappa shape index (κ3) is 2.39. The fraction of sp³-hybridized carbons (Fsp3) is 0.222. The maximum Gasteiger partial charge on any atom is 0.248 e. The summed E-state index contributed by atoms with van der Waals surface area (Å²) in [7, 11) is 4.03. The van der Waals surface area contributed by atoms with Crippen LogP contribution in [0.25, 0.3) is 0 Å². The van der Waals surface area contributed by atoms with Crippen molar-refractivity contribution in [2.45, 2.75) is 16.2 Å². The van der Waals surface area contributed by atoms with Crippen molar-refractivity contribution in [3.8, 4) is 0 Å². The maximum absolute atomic E-state index is 13.0. The molecular weight excluding hydrogens is 342 g/mol. The Kier molecular flexibility index (Phi) is 3.77. The van der Waals surface area contributed by atoms with Crippen molar-refractivity contribution in [3.05, 3.63) is 53.1 Å². The van der Waals surface area contributed by atoms with Gasteiger partial charge in [-0.15, -0.1) is 11.8 Å². The molecule has 122 valence electrons. The Hall–Kier alpha value is -1.98. The van der Waals surface area contributed by atoms with Crippen LogP contribution in [-0.2, 0) is 4.79 Å². The standard InChI is InChI=1S/C18H16ClN3OS/c1-21(2)13-4-3-5-14-15(13)16-17(24-14)18(23)22(10-20-16)12-8-6-11(19)7-9-12/h3-10,16-17H,1-2H3. The number of halogens is 1. The van der Waals surface area contributed by atoms with Crippen LogP contribution in [0.2, 0.25) is 5.02 Å². The third-order valence-electron chi connectivity index (χ3n) is 4.29. The molecule has 2 unspecified atom stereocenters. The predicted octanol–water partition coefficient (Wildman–Crippen LogP) is 4.00. The number of carbonyl (C=O) groups is 1. The number of anilines is 2. The normalized spacial score (nSPS) is 21.6. The van der Waals surface area contributed by atoms with Gasteiger partial charge in [0.05, 0.1) is 6.34 Å². The fourth-order valence-corrected chi connectivity index (χ4v) is 4.60. The van der Waals surface area contributed by atoms with Crippen LogP contribution in [0.1, 0.15) is 11.6 Å². The maximum atomic E-state index is 13.0. The van der Waals surface area contributed by atoms with Crippen LogP contribution in [-0.4, -0.2) is 31.6 Å². The number of fused-ring (bicyclic) bond motifs is 3. The number of carbonyl (C=O) groups excluding carboxylic acids is 1. The van der Waals surface area contributed by atoms with Gasteiger partial charge in [0.25, 0.3) is 0 Å². The zero-order valence-electron chi connectivity index (χ0n) is 13.3. The number of hydrogen-bond acceptors (Lipinski definition) is 4. The average molecular weight is 358 g/mol. The number of nitrogens with zero attached hydrogens (tertiary/aromatic N) is 3. The zero-order chi connectivity index (χ0) is 16.8. The predicted molar refractivity (Wildman–Crippen MR) is 101 cm³/mol. The van der Waals surface area contributed by atoms with Crippen molar-refractivity contribution >= 4 is 47.0 Å². The lowest BCUT2D eigenvalue weighted by molar-refractivity contribution is -0.117. The number of aliphatic imine (C=N–C) groups is 1. The number of hydrogen-bond donors (Lipinski definition) is 0. The van der Waals surface area contributed by atoms with Gasteiger partial charge < -0.3 is 4.90 Å². The Morgan fingerprint density at radius 2 is 1.92 bits per heavy atom. The molecule has 0 N–H and O–H groups in total. The van der Waals surface area contributed by atoms with E-state index in [1.54, 1.807) is 35.1 Å². The Morgan fingerprint density at radius 1 is 1.17 bits per heavy atom. The van der Waals surface area contributed by atoms with Crippen LogP contribution in [0.3, 0.4) is 0 Å². The van der Waals surface area contributed by atoms with Gasteiger partial charge in [0.15, 0.2) is 0 Å². The molecule has 0 aromatic heterocycles. The molecule has 2 aromatic rings. The van der Waals surface area contributed by atoms with Crippen molar-refractivity contribution in [2.75, 3.05) is 23.9 Å². The summed E-state index contributed by atoms with van der Waals surface area (Å²) in [5.41, 5.74) is 3.06. The lowest BCUT2D eigenvalue weighted by atomic mass is 10.00. The lowest BCUT2D eigenvalue weighted by Gasteiger charge is -2.29. The van der Waals surface area contributed by atoms with Gasteiger partial charge in [0.1, 0.15) is 11.3 Å². The van der Waals surface area contributed by atoms with Crippen LogP contribution < -0.4 is 9.80 Å². The van der Waals surface area contributed by atoms with E-state index in [2.05, 4.69) is 17.0 Å². The second kappa shape index (κ2) is 5.83. The summed E-state index contributed by atoms with van der Waals surface area (Å²) in [5, 5.41) is 0.429. The first-order valence-electron chi connectivity index (χ1n) is 7.65. The van der Waals surface area contributed by atoms with E-state index in [-0.39, 0.29) is 17.2 Å². The van der Waals surface area contributed by atoms with Gasteiger partial charge in [-0.1, -0.05) is 17.7 Å². The quantitative estimate of drug-likeness (QED) is 0.815. The second-order valence-corrected chi connectivity index (χ2v) is 7.64. The molecule has 2 aliphatic heterocycles. The molecule has 2 atom stereocenters. The molecule has 0 aliphatic carbocycles. The van der Waals surface area contributed by atoms with Crippen molar-refractivity contribution in [1.29, 1.82) is 0 Å². The van der Waals surface area contributed by atoms with E-state index >= 15 is 0 Å². The van der Waals surface area contributed by atoms with Gasteiger partial charge in [-0.2, -0.15) is 0 Å².